The highest BCUT2D eigenvalue weighted by Gasteiger charge is 2.29. The molecule has 156 valence electrons. The molecule has 0 heterocycles. The van der Waals surface area contributed by atoms with Gasteiger partial charge in [0.15, 0.2) is 18.1 Å². The zero-order valence-corrected chi connectivity index (χ0v) is 17.7. The van der Waals surface area contributed by atoms with E-state index in [0.29, 0.717) is 29.5 Å². The Morgan fingerprint density at radius 3 is 2.34 bits per heavy atom. The molecule has 2 aromatic carbocycles. The standard InChI is InChI=1S/C22H27ClN2O4/c1-4-18(22(27)24-5-2)25(14-16-10-6-7-11-17(16)23)21(26)15-29-20-13-9-8-12-19(20)28-3/h6-13,18H,4-5,14-15H2,1-3H3,(H,24,27)/t18-/m1/s1. The van der Waals surface area contributed by atoms with E-state index in [1.165, 1.54) is 12.0 Å². The summed E-state index contributed by atoms with van der Waals surface area (Å²) >= 11 is 6.29. The van der Waals surface area contributed by atoms with Gasteiger partial charge in [-0.25, -0.2) is 0 Å². The van der Waals surface area contributed by atoms with Crippen molar-refractivity contribution in [1.82, 2.24) is 10.2 Å². The fourth-order valence-electron chi connectivity index (χ4n) is 2.98. The smallest absolute Gasteiger partial charge is 0.261 e. The van der Waals surface area contributed by atoms with E-state index in [9.17, 15) is 9.59 Å². The van der Waals surface area contributed by atoms with E-state index < -0.39 is 6.04 Å². The van der Waals surface area contributed by atoms with Gasteiger partial charge in [0.05, 0.1) is 7.11 Å². The third-order valence-corrected chi connectivity index (χ3v) is 4.82. The van der Waals surface area contributed by atoms with Crippen molar-refractivity contribution in [3.63, 3.8) is 0 Å². The van der Waals surface area contributed by atoms with Crippen LogP contribution in [0.3, 0.4) is 0 Å². The fraction of sp³-hybridized carbons (Fsp3) is 0.364. The topological polar surface area (TPSA) is 67.9 Å². The summed E-state index contributed by atoms with van der Waals surface area (Å²) in [5.74, 6) is 0.488. The summed E-state index contributed by atoms with van der Waals surface area (Å²) in [5, 5.41) is 3.34. The Balaban J connectivity index is 2.23. The molecule has 29 heavy (non-hydrogen) atoms. The Labute approximate surface area is 176 Å². The predicted octanol–water partition coefficient (Wildman–Crippen LogP) is 3.67. The molecule has 2 amide bonds. The first-order valence-corrected chi connectivity index (χ1v) is 9.95. The van der Waals surface area contributed by atoms with Crippen molar-refractivity contribution >= 4 is 23.4 Å². The fourth-order valence-corrected chi connectivity index (χ4v) is 3.18. The van der Waals surface area contributed by atoms with Crippen LogP contribution in [0.15, 0.2) is 48.5 Å². The molecule has 0 spiro atoms. The van der Waals surface area contributed by atoms with Crippen LogP contribution in [0.4, 0.5) is 0 Å². The van der Waals surface area contributed by atoms with Crippen molar-refractivity contribution in [3.05, 3.63) is 59.1 Å². The lowest BCUT2D eigenvalue weighted by atomic mass is 10.1. The number of carbonyl (C=O) groups excluding carboxylic acids is 2. The van der Waals surface area contributed by atoms with E-state index in [0.717, 1.165) is 5.56 Å². The van der Waals surface area contributed by atoms with Crippen LogP contribution in [0.2, 0.25) is 5.02 Å². The number of rotatable bonds is 10. The molecule has 0 saturated heterocycles. The number of nitrogens with zero attached hydrogens (tertiary/aromatic N) is 1. The van der Waals surface area contributed by atoms with Crippen molar-refractivity contribution in [2.45, 2.75) is 32.9 Å². The second-order valence-electron chi connectivity index (χ2n) is 6.37. The average molecular weight is 419 g/mol. The largest absolute Gasteiger partial charge is 0.493 e. The molecule has 0 fully saturated rings. The van der Waals surface area contributed by atoms with Crippen molar-refractivity contribution in [1.29, 1.82) is 0 Å². The quantitative estimate of drug-likeness (QED) is 0.639. The van der Waals surface area contributed by atoms with Crippen LogP contribution in [-0.4, -0.2) is 43.0 Å². The molecule has 0 unspecified atom stereocenters. The minimum Gasteiger partial charge on any atom is -0.493 e. The van der Waals surface area contributed by atoms with Gasteiger partial charge in [0.25, 0.3) is 5.91 Å². The van der Waals surface area contributed by atoms with Crippen LogP contribution in [0.5, 0.6) is 11.5 Å². The van der Waals surface area contributed by atoms with Crippen LogP contribution < -0.4 is 14.8 Å². The van der Waals surface area contributed by atoms with Gasteiger partial charge in [0.2, 0.25) is 5.91 Å². The molecule has 2 rings (SSSR count). The second-order valence-corrected chi connectivity index (χ2v) is 6.78. The first-order chi connectivity index (χ1) is 14.0. The molecule has 0 aliphatic rings. The summed E-state index contributed by atoms with van der Waals surface area (Å²) in [6.07, 6.45) is 0.469. The first-order valence-electron chi connectivity index (χ1n) is 9.58. The highest BCUT2D eigenvalue weighted by Crippen LogP contribution is 2.26. The van der Waals surface area contributed by atoms with Crippen LogP contribution in [0.25, 0.3) is 0 Å². The lowest BCUT2D eigenvalue weighted by molar-refractivity contribution is -0.142. The Bertz CT molecular complexity index is 828. The molecule has 0 radical (unpaired) electrons. The Kier molecular flexibility index (Phi) is 8.80. The second kappa shape index (κ2) is 11.3. The van der Waals surface area contributed by atoms with Crippen LogP contribution in [0.1, 0.15) is 25.8 Å². The van der Waals surface area contributed by atoms with E-state index >= 15 is 0 Å². The molecule has 6 nitrogen and oxygen atoms in total. The van der Waals surface area contributed by atoms with E-state index in [4.69, 9.17) is 21.1 Å². The Hall–Kier alpha value is -2.73. The molecule has 1 atom stereocenters. The van der Waals surface area contributed by atoms with Crippen molar-refractivity contribution in [2.24, 2.45) is 0 Å². The molecule has 0 aliphatic heterocycles. The van der Waals surface area contributed by atoms with Gasteiger partial charge in [-0.1, -0.05) is 48.9 Å². The normalized spacial score (nSPS) is 11.4. The van der Waals surface area contributed by atoms with Gasteiger partial charge < -0.3 is 19.7 Å². The number of hydrogen-bond acceptors (Lipinski definition) is 4. The van der Waals surface area contributed by atoms with Gasteiger partial charge in [0.1, 0.15) is 6.04 Å². The highest BCUT2D eigenvalue weighted by atomic mass is 35.5. The number of nitrogens with one attached hydrogen (secondary N) is 1. The zero-order valence-electron chi connectivity index (χ0n) is 17.0. The maximum atomic E-state index is 13.1. The van der Waals surface area contributed by atoms with Gasteiger partial charge in [0, 0.05) is 18.1 Å². The number of halogens is 1. The van der Waals surface area contributed by atoms with E-state index in [-0.39, 0.29) is 25.0 Å². The van der Waals surface area contributed by atoms with Crippen molar-refractivity contribution in [2.75, 3.05) is 20.3 Å². The number of benzene rings is 2. The van der Waals surface area contributed by atoms with E-state index in [1.54, 1.807) is 24.3 Å². The summed E-state index contributed by atoms with van der Waals surface area (Å²) in [4.78, 5) is 27.2. The maximum Gasteiger partial charge on any atom is 0.261 e. The Morgan fingerprint density at radius 2 is 1.72 bits per heavy atom. The van der Waals surface area contributed by atoms with E-state index in [2.05, 4.69) is 5.32 Å². The third-order valence-electron chi connectivity index (χ3n) is 4.46. The molecule has 0 aromatic heterocycles. The number of ether oxygens (including phenoxy) is 2. The maximum absolute atomic E-state index is 13.1. The molecule has 7 heteroatoms. The summed E-state index contributed by atoms with van der Waals surface area (Å²) in [6, 6.07) is 13.8. The van der Waals surface area contributed by atoms with Crippen molar-refractivity contribution in [3.8, 4) is 11.5 Å². The van der Waals surface area contributed by atoms with Crippen LogP contribution >= 0.6 is 11.6 Å². The predicted molar refractivity (Wildman–Crippen MR) is 113 cm³/mol. The molecular formula is C22H27ClN2O4. The highest BCUT2D eigenvalue weighted by molar-refractivity contribution is 6.31. The summed E-state index contributed by atoms with van der Waals surface area (Å²) < 4.78 is 10.9. The SMILES string of the molecule is CCNC(=O)[C@@H](CC)N(Cc1ccccc1Cl)C(=O)COc1ccccc1OC. The van der Waals surface area contributed by atoms with E-state index in [1.807, 2.05) is 38.1 Å². The number of carbonyl (C=O) groups is 2. The summed E-state index contributed by atoms with van der Waals surface area (Å²) in [5.41, 5.74) is 0.766. The monoisotopic (exact) mass is 418 g/mol. The third kappa shape index (κ3) is 6.12. The van der Waals surface area contributed by atoms with Gasteiger partial charge in [-0.2, -0.15) is 0 Å². The lowest BCUT2D eigenvalue weighted by Crippen LogP contribution is -2.50. The molecule has 0 aliphatic carbocycles. The first kappa shape index (κ1) is 22.6. The molecular weight excluding hydrogens is 392 g/mol. The molecule has 0 bridgehead atoms. The number of para-hydroxylation sites is 2. The Morgan fingerprint density at radius 1 is 1.07 bits per heavy atom. The molecule has 0 saturated carbocycles. The number of amides is 2. The average Bonchev–Trinajstić information content (AvgIpc) is 2.73. The number of methoxy groups -OCH3 is 1. The van der Waals surface area contributed by atoms with Crippen LogP contribution in [-0.2, 0) is 16.1 Å². The van der Waals surface area contributed by atoms with Gasteiger partial charge in [-0.05, 0) is 37.1 Å². The molecule has 1 N–H and O–H groups in total. The summed E-state index contributed by atoms with van der Waals surface area (Å²) in [6.45, 7) is 4.19. The minimum absolute atomic E-state index is 0.201. The number of likely N-dealkylation sites (N-methyl/N-ethyl adjacent to an activating group) is 1. The van der Waals surface area contributed by atoms with Gasteiger partial charge in [-0.15, -0.1) is 0 Å². The minimum atomic E-state index is -0.625. The lowest BCUT2D eigenvalue weighted by Gasteiger charge is -2.30. The number of hydrogen-bond donors (Lipinski definition) is 1. The zero-order chi connectivity index (χ0) is 21.2. The summed E-state index contributed by atoms with van der Waals surface area (Å²) in [7, 11) is 1.54. The van der Waals surface area contributed by atoms with Gasteiger partial charge >= 0.3 is 0 Å². The van der Waals surface area contributed by atoms with Gasteiger partial charge in [-0.3, -0.25) is 9.59 Å². The van der Waals surface area contributed by atoms with Crippen molar-refractivity contribution < 1.29 is 19.1 Å². The van der Waals surface area contributed by atoms with Crippen LogP contribution in [0, 0.1) is 0 Å². The molecule has 2 aromatic rings.